The van der Waals surface area contributed by atoms with E-state index in [4.69, 9.17) is 5.73 Å². The molecule has 0 amide bonds. The Balaban J connectivity index is 3.79. The van der Waals surface area contributed by atoms with E-state index < -0.39 is 10.2 Å². The van der Waals surface area contributed by atoms with E-state index in [0.29, 0.717) is 5.96 Å². The van der Waals surface area contributed by atoms with Gasteiger partial charge >= 0.3 is 0 Å². The van der Waals surface area contributed by atoms with E-state index >= 15 is 0 Å². The van der Waals surface area contributed by atoms with Crippen molar-refractivity contribution in [2.45, 2.75) is 6.92 Å². The molecule has 62 valence electrons. The van der Waals surface area contributed by atoms with Crippen molar-refractivity contribution in [3.8, 4) is 0 Å². The number of nitrogens with one attached hydrogen (secondary N) is 1. The van der Waals surface area contributed by atoms with Crippen LogP contribution in [0.4, 0.5) is 0 Å². The van der Waals surface area contributed by atoms with E-state index in [1.54, 1.807) is 0 Å². The molecule has 0 aliphatic carbocycles. The Morgan fingerprint density at radius 2 is 2.00 bits per heavy atom. The zero-order chi connectivity index (χ0) is 8.20. The Kier molecular flexibility index (Phi) is 3.57. The van der Waals surface area contributed by atoms with Crippen LogP contribution in [0.1, 0.15) is 6.92 Å². The molecule has 0 aliphatic rings. The number of hydrogen-bond acceptors (Lipinski definition) is 1. The Morgan fingerprint density at radius 3 is 2.30 bits per heavy atom. The lowest BCUT2D eigenvalue weighted by molar-refractivity contribution is 1.10. The highest BCUT2D eigenvalue weighted by atomic mass is 32.3. The van der Waals surface area contributed by atoms with Crippen molar-refractivity contribution in [1.82, 2.24) is 4.72 Å². The second kappa shape index (κ2) is 3.71. The third-order valence-corrected chi connectivity index (χ3v) is 1.56. The Morgan fingerprint density at radius 1 is 1.50 bits per heavy atom. The summed E-state index contributed by atoms with van der Waals surface area (Å²) in [6.45, 7) is 2.71. The van der Waals surface area contributed by atoms with Gasteiger partial charge in [0.05, 0.1) is 0 Å². The smallest absolute Gasteiger partial charge is 0.197 e. The number of rotatable bonds is 2. The summed E-state index contributed by atoms with van der Waals surface area (Å²) in [6, 6.07) is 0. The van der Waals surface area contributed by atoms with Gasteiger partial charge in [-0.2, -0.15) is 10.2 Å². The summed E-state index contributed by atoms with van der Waals surface area (Å²) in [6.07, 6.45) is 6.39. The fourth-order valence-electron chi connectivity index (χ4n) is 0.516. The van der Waals surface area contributed by atoms with Crippen LogP contribution in [0.15, 0.2) is 4.99 Å². The van der Waals surface area contributed by atoms with E-state index in [2.05, 4.69) is 28.5 Å². The molecular formula is C6H17N3S. The molecule has 10 heavy (non-hydrogen) atoms. The lowest BCUT2D eigenvalue weighted by atomic mass is 10.8. The van der Waals surface area contributed by atoms with E-state index in [1.165, 1.54) is 0 Å². The summed E-state index contributed by atoms with van der Waals surface area (Å²) in [4.78, 5) is 4.01. The van der Waals surface area contributed by atoms with Gasteiger partial charge in [-0.05, 0) is 25.7 Å². The molecule has 0 saturated heterocycles. The third kappa shape index (κ3) is 5.75. The summed E-state index contributed by atoms with van der Waals surface area (Å²) in [5.74, 6) is 0.560. The second-order valence-electron chi connectivity index (χ2n) is 2.80. The van der Waals surface area contributed by atoms with E-state index in [1.807, 2.05) is 6.92 Å². The van der Waals surface area contributed by atoms with Crippen LogP contribution in [0.3, 0.4) is 0 Å². The van der Waals surface area contributed by atoms with Crippen LogP contribution in [0.5, 0.6) is 0 Å². The van der Waals surface area contributed by atoms with Crippen LogP contribution in [0, 0.1) is 0 Å². The van der Waals surface area contributed by atoms with Crippen molar-refractivity contribution in [3.63, 3.8) is 0 Å². The standard InChI is InChI=1S/C6H17N3S/c1-5-8-6(7)9-10(2,3)4/h5H2,1-4H3,(H3,7,8,9). The largest absolute Gasteiger partial charge is 0.369 e. The van der Waals surface area contributed by atoms with Crippen LogP contribution < -0.4 is 10.5 Å². The molecule has 3 nitrogen and oxygen atoms in total. The van der Waals surface area contributed by atoms with Crippen LogP contribution in [-0.2, 0) is 0 Å². The van der Waals surface area contributed by atoms with Gasteiger partial charge in [0.15, 0.2) is 5.96 Å². The monoisotopic (exact) mass is 163 g/mol. The van der Waals surface area contributed by atoms with Gasteiger partial charge in [-0.25, -0.2) is 0 Å². The first-order valence-corrected chi connectivity index (χ1v) is 6.07. The van der Waals surface area contributed by atoms with Gasteiger partial charge in [0.25, 0.3) is 0 Å². The molecule has 3 N–H and O–H groups in total. The fourth-order valence-corrected chi connectivity index (χ4v) is 1.21. The topological polar surface area (TPSA) is 50.4 Å². The quantitative estimate of drug-likeness (QED) is 0.460. The Bertz CT molecular complexity index is 125. The summed E-state index contributed by atoms with van der Waals surface area (Å²) in [5.41, 5.74) is 5.53. The van der Waals surface area contributed by atoms with Gasteiger partial charge in [0, 0.05) is 6.54 Å². The van der Waals surface area contributed by atoms with Crippen molar-refractivity contribution in [2.24, 2.45) is 10.7 Å². The van der Waals surface area contributed by atoms with Gasteiger partial charge < -0.3 is 10.5 Å². The van der Waals surface area contributed by atoms with E-state index in [9.17, 15) is 0 Å². The Labute approximate surface area is 64.5 Å². The first kappa shape index (κ1) is 9.62. The first-order valence-electron chi connectivity index (χ1n) is 3.21. The molecule has 0 spiro atoms. The zero-order valence-electron chi connectivity index (χ0n) is 7.14. The van der Waals surface area contributed by atoms with Crippen LogP contribution >= 0.6 is 10.2 Å². The minimum atomic E-state index is -0.751. The maximum atomic E-state index is 5.53. The van der Waals surface area contributed by atoms with Gasteiger partial charge in [0.1, 0.15) is 0 Å². The van der Waals surface area contributed by atoms with Gasteiger partial charge in [0.2, 0.25) is 0 Å². The van der Waals surface area contributed by atoms with Gasteiger partial charge in [-0.15, -0.1) is 0 Å². The lowest BCUT2D eigenvalue weighted by Gasteiger charge is -2.27. The predicted octanol–water partition coefficient (Wildman–Crippen LogP) is 0.520. The number of nitrogens with two attached hydrogens (primary N) is 1. The van der Waals surface area contributed by atoms with Crippen LogP contribution in [0.2, 0.25) is 0 Å². The Hall–Kier alpha value is -0.380. The van der Waals surface area contributed by atoms with Crippen LogP contribution in [0.25, 0.3) is 0 Å². The molecule has 0 aliphatic heterocycles. The van der Waals surface area contributed by atoms with E-state index in [0.717, 1.165) is 6.54 Å². The molecule has 0 fully saturated rings. The minimum Gasteiger partial charge on any atom is -0.369 e. The van der Waals surface area contributed by atoms with Gasteiger partial charge in [-0.1, -0.05) is 0 Å². The zero-order valence-corrected chi connectivity index (χ0v) is 7.96. The molecule has 0 saturated carbocycles. The molecule has 0 aromatic carbocycles. The third-order valence-electron chi connectivity index (χ3n) is 0.739. The van der Waals surface area contributed by atoms with Crippen molar-refractivity contribution < 1.29 is 0 Å². The molecule has 0 unspecified atom stereocenters. The van der Waals surface area contributed by atoms with Gasteiger partial charge in [-0.3, -0.25) is 4.99 Å². The molecule has 0 aromatic rings. The number of nitrogens with zero attached hydrogens (tertiary/aromatic N) is 1. The predicted molar refractivity (Wildman–Crippen MR) is 50.7 cm³/mol. The maximum Gasteiger partial charge on any atom is 0.197 e. The van der Waals surface area contributed by atoms with Crippen molar-refractivity contribution in [3.05, 3.63) is 0 Å². The maximum absolute atomic E-state index is 5.53. The minimum absolute atomic E-state index is 0.560. The number of guanidine groups is 1. The van der Waals surface area contributed by atoms with Crippen LogP contribution in [-0.4, -0.2) is 31.3 Å². The van der Waals surface area contributed by atoms with Crippen molar-refractivity contribution in [1.29, 1.82) is 0 Å². The average Bonchev–Trinajstić information content (AvgIpc) is 1.59. The number of hydrogen-bond donors (Lipinski definition) is 2. The first-order chi connectivity index (χ1) is 4.45. The summed E-state index contributed by atoms with van der Waals surface area (Å²) >= 11 is 0. The molecular weight excluding hydrogens is 146 g/mol. The van der Waals surface area contributed by atoms with Crippen molar-refractivity contribution >= 4 is 16.2 Å². The SMILES string of the molecule is CCN=C(N)NS(C)(C)C. The highest BCUT2D eigenvalue weighted by Crippen LogP contribution is 2.27. The fraction of sp³-hybridized carbons (Fsp3) is 0.833. The summed E-state index contributed by atoms with van der Waals surface area (Å²) < 4.78 is 3.13. The second-order valence-corrected chi connectivity index (χ2v) is 6.68. The molecule has 0 bridgehead atoms. The normalized spacial score (nSPS) is 15.0. The molecule has 0 atom stereocenters. The summed E-state index contributed by atoms with van der Waals surface area (Å²) in [7, 11) is -0.751. The molecule has 0 heterocycles. The number of aliphatic imine (C=N–C) groups is 1. The molecule has 4 heteroatoms. The highest BCUT2D eigenvalue weighted by Gasteiger charge is 2.02. The molecule has 0 rings (SSSR count). The highest BCUT2D eigenvalue weighted by molar-refractivity contribution is 8.30. The lowest BCUT2D eigenvalue weighted by Crippen LogP contribution is -2.33. The molecule has 0 radical (unpaired) electrons. The molecule has 0 aromatic heterocycles. The summed E-state index contributed by atoms with van der Waals surface area (Å²) in [5, 5.41) is 0. The average molecular weight is 163 g/mol. The van der Waals surface area contributed by atoms with Crippen molar-refractivity contribution in [2.75, 3.05) is 25.3 Å². The van der Waals surface area contributed by atoms with E-state index in [-0.39, 0.29) is 0 Å².